The first-order valence-electron chi connectivity index (χ1n) is 12.4. The van der Waals surface area contributed by atoms with Crippen molar-refractivity contribution in [1.82, 2.24) is 10.2 Å². The fourth-order valence-corrected chi connectivity index (χ4v) is 5.34. The maximum atomic E-state index is 14.7. The van der Waals surface area contributed by atoms with Gasteiger partial charge in [-0.05, 0) is 58.6 Å². The predicted molar refractivity (Wildman–Crippen MR) is 146 cm³/mol. The van der Waals surface area contributed by atoms with Gasteiger partial charge in [-0.25, -0.2) is 4.39 Å². The molecule has 0 radical (unpaired) electrons. The second-order valence-corrected chi connectivity index (χ2v) is 10.5. The summed E-state index contributed by atoms with van der Waals surface area (Å²) in [5.41, 5.74) is 1.23. The normalized spacial score (nSPS) is 14.2. The fraction of sp³-hybridized carbons (Fsp3) is 0.310. The van der Waals surface area contributed by atoms with Crippen LogP contribution in [0.2, 0.25) is 5.02 Å². The summed E-state index contributed by atoms with van der Waals surface area (Å²) in [6.45, 7) is -0.386. The third kappa shape index (κ3) is 7.55. The third-order valence-electron chi connectivity index (χ3n) is 6.52. The van der Waals surface area contributed by atoms with Crippen LogP contribution in [0.15, 0.2) is 77.3 Å². The monoisotopic (exact) mass is 586 g/mol. The number of rotatable bonds is 10. The van der Waals surface area contributed by atoms with Crippen molar-refractivity contribution in [2.45, 2.75) is 50.7 Å². The second kappa shape index (κ2) is 13.1. The number of carbonyl (C=O) groups is 2. The van der Waals surface area contributed by atoms with Gasteiger partial charge in [0.05, 0.1) is 4.47 Å². The zero-order valence-electron chi connectivity index (χ0n) is 20.3. The molecule has 1 aliphatic rings. The van der Waals surface area contributed by atoms with E-state index in [0.717, 1.165) is 31.2 Å². The summed E-state index contributed by atoms with van der Waals surface area (Å²) in [4.78, 5) is 28.7. The Kier molecular flexibility index (Phi) is 9.58. The van der Waals surface area contributed by atoms with Crippen LogP contribution in [0.25, 0.3) is 0 Å². The van der Waals surface area contributed by atoms with E-state index in [2.05, 4.69) is 21.2 Å². The van der Waals surface area contributed by atoms with Crippen LogP contribution in [-0.4, -0.2) is 35.4 Å². The van der Waals surface area contributed by atoms with E-state index in [1.54, 1.807) is 36.4 Å². The number of ether oxygens (including phenoxy) is 1. The van der Waals surface area contributed by atoms with Crippen molar-refractivity contribution in [2.75, 3.05) is 6.61 Å². The maximum absolute atomic E-state index is 14.7. The summed E-state index contributed by atoms with van der Waals surface area (Å²) < 4.78 is 21.1. The zero-order valence-corrected chi connectivity index (χ0v) is 22.7. The molecule has 3 aromatic rings. The SMILES string of the molecule is O=C(NC1CCCC1)[C@@H](Cc1ccccc1)N(Cc1ccccc1F)C(=O)COc1ccc(Cl)cc1Br. The minimum atomic E-state index is -0.840. The van der Waals surface area contributed by atoms with Crippen LogP contribution in [0.5, 0.6) is 5.75 Å². The summed E-state index contributed by atoms with van der Waals surface area (Å²) in [5, 5.41) is 3.66. The lowest BCUT2D eigenvalue weighted by molar-refractivity contribution is -0.143. The van der Waals surface area contributed by atoms with Crippen molar-refractivity contribution in [2.24, 2.45) is 0 Å². The highest BCUT2D eigenvalue weighted by Crippen LogP contribution is 2.28. The molecule has 0 saturated heterocycles. The van der Waals surface area contributed by atoms with Crippen LogP contribution in [0, 0.1) is 5.82 Å². The van der Waals surface area contributed by atoms with Crippen molar-refractivity contribution >= 4 is 39.3 Å². The van der Waals surface area contributed by atoms with E-state index in [4.69, 9.17) is 16.3 Å². The molecule has 1 fully saturated rings. The summed E-state index contributed by atoms with van der Waals surface area (Å²) in [6.07, 6.45) is 4.26. The summed E-state index contributed by atoms with van der Waals surface area (Å²) in [7, 11) is 0. The van der Waals surface area contributed by atoms with Gasteiger partial charge >= 0.3 is 0 Å². The molecule has 4 rings (SSSR count). The average molecular weight is 588 g/mol. The molecule has 0 bridgehead atoms. The lowest BCUT2D eigenvalue weighted by atomic mass is 10.0. The van der Waals surface area contributed by atoms with Gasteiger partial charge in [0.2, 0.25) is 5.91 Å². The molecule has 194 valence electrons. The molecule has 0 spiro atoms. The number of hydrogen-bond donors (Lipinski definition) is 1. The standard InChI is InChI=1S/C29H29BrClFN2O3/c30-24-17-22(31)14-15-27(24)37-19-28(35)34(18-21-10-4-7-13-25(21)32)26(16-20-8-2-1-3-9-20)29(36)33-23-11-5-6-12-23/h1-4,7-10,13-15,17,23,26H,5-6,11-12,16,18-19H2,(H,33,36)/t26-/m1/s1. The molecular weight excluding hydrogens is 559 g/mol. The van der Waals surface area contributed by atoms with Gasteiger partial charge in [0, 0.05) is 29.6 Å². The van der Waals surface area contributed by atoms with Crippen molar-refractivity contribution in [1.29, 1.82) is 0 Å². The van der Waals surface area contributed by atoms with Crippen molar-refractivity contribution < 1.29 is 18.7 Å². The first-order valence-corrected chi connectivity index (χ1v) is 13.5. The molecule has 0 heterocycles. The first kappa shape index (κ1) is 27.1. The Bertz CT molecular complexity index is 1220. The number of amides is 2. The van der Waals surface area contributed by atoms with Crippen molar-refractivity contribution in [3.05, 3.63) is 99.2 Å². The highest BCUT2D eigenvalue weighted by molar-refractivity contribution is 9.10. The molecule has 0 unspecified atom stereocenters. The number of hydrogen-bond acceptors (Lipinski definition) is 3. The van der Waals surface area contributed by atoms with Crippen LogP contribution in [0.4, 0.5) is 4.39 Å². The fourth-order valence-electron chi connectivity index (χ4n) is 4.55. The number of benzene rings is 3. The van der Waals surface area contributed by atoms with E-state index in [-0.39, 0.29) is 25.1 Å². The average Bonchev–Trinajstić information content (AvgIpc) is 3.40. The topological polar surface area (TPSA) is 58.6 Å². The van der Waals surface area contributed by atoms with E-state index in [9.17, 15) is 14.0 Å². The highest BCUT2D eigenvalue weighted by atomic mass is 79.9. The molecule has 37 heavy (non-hydrogen) atoms. The largest absolute Gasteiger partial charge is 0.483 e. The molecule has 0 aromatic heterocycles. The van der Waals surface area contributed by atoms with Gasteiger partial charge in [-0.1, -0.05) is 73.0 Å². The molecule has 8 heteroatoms. The van der Waals surface area contributed by atoms with Gasteiger partial charge in [-0.2, -0.15) is 0 Å². The zero-order chi connectivity index (χ0) is 26.2. The Morgan fingerprint density at radius 3 is 2.46 bits per heavy atom. The first-order chi connectivity index (χ1) is 17.9. The molecule has 5 nitrogen and oxygen atoms in total. The minimum Gasteiger partial charge on any atom is -0.483 e. The lowest BCUT2D eigenvalue weighted by Gasteiger charge is -2.32. The third-order valence-corrected chi connectivity index (χ3v) is 7.37. The van der Waals surface area contributed by atoms with Crippen molar-refractivity contribution in [3.63, 3.8) is 0 Å². The molecule has 1 aliphatic carbocycles. The highest BCUT2D eigenvalue weighted by Gasteiger charge is 2.33. The summed E-state index contributed by atoms with van der Waals surface area (Å²) in [5.74, 6) is -0.657. The molecular formula is C29H29BrClFN2O3. The van der Waals surface area contributed by atoms with Crippen LogP contribution in [0.3, 0.4) is 0 Å². The molecule has 0 aliphatic heterocycles. The van der Waals surface area contributed by atoms with Crippen molar-refractivity contribution in [3.8, 4) is 5.75 Å². The quantitative estimate of drug-likeness (QED) is 0.302. The van der Waals surface area contributed by atoms with Crippen LogP contribution in [-0.2, 0) is 22.6 Å². The Labute approximate surface area is 230 Å². The summed E-state index contributed by atoms with van der Waals surface area (Å²) >= 11 is 9.41. The van der Waals surface area contributed by atoms with Gasteiger partial charge < -0.3 is 15.0 Å². The summed E-state index contributed by atoms with van der Waals surface area (Å²) in [6, 6.07) is 20.1. The van der Waals surface area contributed by atoms with Crippen LogP contribution < -0.4 is 10.1 Å². The maximum Gasteiger partial charge on any atom is 0.261 e. The minimum absolute atomic E-state index is 0.0633. The van der Waals surface area contributed by atoms with Gasteiger partial charge in [0.15, 0.2) is 6.61 Å². The van der Waals surface area contributed by atoms with Gasteiger partial charge in [-0.3, -0.25) is 9.59 Å². The Morgan fingerprint density at radius 1 is 1.05 bits per heavy atom. The number of carbonyl (C=O) groups excluding carboxylic acids is 2. The van der Waals surface area contributed by atoms with E-state index in [0.29, 0.717) is 27.2 Å². The molecule has 1 N–H and O–H groups in total. The number of nitrogens with zero attached hydrogens (tertiary/aromatic N) is 1. The van der Waals surface area contributed by atoms with E-state index in [1.165, 1.54) is 11.0 Å². The van der Waals surface area contributed by atoms with Gasteiger partial charge in [-0.15, -0.1) is 0 Å². The molecule has 2 amide bonds. The van der Waals surface area contributed by atoms with Gasteiger partial charge in [0.25, 0.3) is 5.91 Å². The van der Waals surface area contributed by atoms with E-state index < -0.39 is 17.8 Å². The molecule has 3 aromatic carbocycles. The Hall–Kier alpha value is -2.90. The Balaban J connectivity index is 1.63. The van der Waals surface area contributed by atoms with Crippen LogP contribution >= 0.6 is 27.5 Å². The smallest absolute Gasteiger partial charge is 0.261 e. The van der Waals surface area contributed by atoms with Crippen LogP contribution in [0.1, 0.15) is 36.8 Å². The predicted octanol–water partition coefficient (Wildman–Crippen LogP) is 6.32. The Morgan fingerprint density at radius 2 is 1.76 bits per heavy atom. The van der Waals surface area contributed by atoms with E-state index in [1.807, 2.05) is 30.3 Å². The number of halogens is 3. The molecule has 1 atom stereocenters. The lowest BCUT2D eigenvalue weighted by Crippen LogP contribution is -2.53. The second-order valence-electron chi connectivity index (χ2n) is 9.17. The molecule has 1 saturated carbocycles. The van der Waals surface area contributed by atoms with Gasteiger partial charge in [0.1, 0.15) is 17.6 Å². The number of nitrogens with one attached hydrogen (secondary N) is 1. The van der Waals surface area contributed by atoms with E-state index >= 15 is 0 Å².